The van der Waals surface area contributed by atoms with Crippen LogP contribution >= 0.6 is 0 Å². The number of carbonyl (C=O) groups is 1. The number of hydrogen-bond acceptors (Lipinski definition) is 6. The van der Waals surface area contributed by atoms with Crippen molar-refractivity contribution in [1.82, 2.24) is 15.3 Å². The number of amides is 1. The Bertz CT molecular complexity index is 882. The van der Waals surface area contributed by atoms with E-state index in [-0.39, 0.29) is 11.9 Å². The van der Waals surface area contributed by atoms with Gasteiger partial charge < -0.3 is 15.4 Å². The Morgan fingerprint density at radius 1 is 1.20 bits per heavy atom. The van der Waals surface area contributed by atoms with Crippen molar-refractivity contribution in [3.05, 3.63) is 41.6 Å². The zero-order valence-electron chi connectivity index (χ0n) is 18.8. The molecule has 3 rings (SSSR count). The van der Waals surface area contributed by atoms with Crippen molar-refractivity contribution in [1.29, 1.82) is 0 Å². The number of hydrogen-bond donors (Lipinski definition) is 2. The number of carbonyl (C=O) groups excluding carboxylic acids is 1. The van der Waals surface area contributed by atoms with Gasteiger partial charge >= 0.3 is 0 Å². The molecule has 1 amide bonds. The molecule has 30 heavy (non-hydrogen) atoms. The van der Waals surface area contributed by atoms with Crippen LogP contribution in [0.3, 0.4) is 0 Å². The highest BCUT2D eigenvalue weighted by molar-refractivity contribution is 6.07. The summed E-state index contributed by atoms with van der Waals surface area (Å²) in [6.45, 7) is 11.6. The van der Waals surface area contributed by atoms with Crippen LogP contribution in [0.1, 0.15) is 52.2 Å². The quantitative estimate of drug-likeness (QED) is 0.654. The monoisotopic (exact) mass is 411 g/mol. The van der Waals surface area contributed by atoms with Crippen molar-refractivity contribution in [3.8, 4) is 0 Å². The van der Waals surface area contributed by atoms with E-state index in [0.717, 1.165) is 24.2 Å². The van der Waals surface area contributed by atoms with E-state index in [2.05, 4.69) is 48.5 Å². The lowest BCUT2D eigenvalue weighted by atomic mass is 9.88. The van der Waals surface area contributed by atoms with Crippen molar-refractivity contribution in [2.45, 2.75) is 65.1 Å². The molecule has 0 aliphatic carbocycles. The van der Waals surface area contributed by atoms with Crippen LogP contribution < -0.4 is 15.5 Å². The number of ether oxygens (including phenoxy) is 1. The molecule has 0 fully saturated rings. The predicted octanol–water partition coefficient (Wildman–Crippen LogP) is 3.77. The summed E-state index contributed by atoms with van der Waals surface area (Å²) in [6, 6.07) is 8.55. The Kier molecular flexibility index (Phi) is 6.73. The average Bonchev–Trinajstić information content (AvgIpc) is 2.92. The topological polar surface area (TPSA) is 79.4 Å². The van der Waals surface area contributed by atoms with E-state index in [0.29, 0.717) is 24.4 Å². The van der Waals surface area contributed by atoms with Gasteiger partial charge in [0, 0.05) is 43.2 Å². The van der Waals surface area contributed by atoms with Crippen molar-refractivity contribution in [2.75, 3.05) is 23.9 Å². The molecule has 1 unspecified atom stereocenters. The first kappa shape index (κ1) is 22.2. The second-order valence-electron chi connectivity index (χ2n) is 8.55. The minimum absolute atomic E-state index is 0.0813. The Morgan fingerprint density at radius 3 is 2.53 bits per heavy atom. The van der Waals surface area contributed by atoms with Gasteiger partial charge in [-0.25, -0.2) is 4.98 Å². The Morgan fingerprint density at radius 2 is 1.90 bits per heavy atom. The summed E-state index contributed by atoms with van der Waals surface area (Å²) in [5.74, 6) is 1.29. The van der Waals surface area contributed by atoms with Crippen LogP contribution in [0.25, 0.3) is 0 Å². The second kappa shape index (κ2) is 9.10. The first-order chi connectivity index (χ1) is 14.3. The molecule has 1 aliphatic heterocycles. The lowest BCUT2D eigenvalue weighted by molar-refractivity contribution is -0.122. The van der Waals surface area contributed by atoms with E-state index in [1.54, 1.807) is 13.3 Å². The highest BCUT2D eigenvalue weighted by atomic mass is 16.5. The number of rotatable bonds is 9. The van der Waals surface area contributed by atoms with E-state index >= 15 is 0 Å². The standard InChI is InChI=1S/C23H33N5O2/c1-7-16(3)28-20-19(23(4,5)21(28)29)13-25-22(27-20)26-18-10-8-17(9-11-18)12-24-15(2)14-30-6/h8-11,13,15-16,24H,7,12,14H2,1-6H3,(H,25,26,27)/t15?,16-/m0/s1. The fourth-order valence-corrected chi connectivity index (χ4v) is 3.60. The molecule has 2 heterocycles. The molecule has 0 radical (unpaired) electrons. The summed E-state index contributed by atoms with van der Waals surface area (Å²) < 4.78 is 5.15. The summed E-state index contributed by atoms with van der Waals surface area (Å²) in [5, 5.41) is 6.69. The molecule has 7 nitrogen and oxygen atoms in total. The van der Waals surface area contributed by atoms with Crippen LogP contribution in [0.2, 0.25) is 0 Å². The molecule has 7 heteroatoms. The summed E-state index contributed by atoms with van der Waals surface area (Å²) in [4.78, 5) is 24.0. The second-order valence-corrected chi connectivity index (χ2v) is 8.55. The van der Waals surface area contributed by atoms with Crippen molar-refractivity contribution < 1.29 is 9.53 Å². The van der Waals surface area contributed by atoms with Gasteiger partial charge in [0.2, 0.25) is 11.9 Å². The largest absolute Gasteiger partial charge is 0.383 e. The third-order valence-corrected chi connectivity index (χ3v) is 5.74. The summed E-state index contributed by atoms with van der Waals surface area (Å²) in [6.07, 6.45) is 2.65. The average molecular weight is 412 g/mol. The molecular weight excluding hydrogens is 378 g/mol. The third kappa shape index (κ3) is 4.47. The molecule has 1 aliphatic rings. The maximum absolute atomic E-state index is 13.0. The van der Waals surface area contributed by atoms with Gasteiger partial charge in [-0.1, -0.05) is 19.1 Å². The molecule has 2 aromatic rings. The molecule has 0 saturated heterocycles. The minimum Gasteiger partial charge on any atom is -0.383 e. The van der Waals surface area contributed by atoms with Crippen LogP contribution in [-0.2, 0) is 21.5 Å². The molecular formula is C23H33N5O2. The zero-order valence-corrected chi connectivity index (χ0v) is 18.8. The summed E-state index contributed by atoms with van der Waals surface area (Å²) in [5.41, 5.74) is 2.37. The van der Waals surface area contributed by atoms with Gasteiger partial charge in [-0.3, -0.25) is 9.69 Å². The number of benzene rings is 1. The molecule has 1 aromatic heterocycles. The van der Waals surface area contributed by atoms with E-state index in [9.17, 15) is 4.79 Å². The van der Waals surface area contributed by atoms with E-state index in [1.807, 2.05) is 30.9 Å². The number of methoxy groups -OCH3 is 1. The van der Waals surface area contributed by atoms with E-state index in [1.165, 1.54) is 5.56 Å². The van der Waals surface area contributed by atoms with Crippen LogP contribution in [0.5, 0.6) is 0 Å². The minimum atomic E-state index is -0.605. The number of nitrogens with one attached hydrogen (secondary N) is 2. The van der Waals surface area contributed by atoms with Gasteiger partial charge in [0.25, 0.3) is 0 Å². The van der Waals surface area contributed by atoms with Gasteiger partial charge in [0.15, 0.2) is 0 Å². The number of aromatic nitrogens is 2. The van der Waals surface area contributed by atoms with Crippen molar-refractivity contribution in [3.63, 3.8) is 0 Å². The van der Waals surface area contributed by atoms with Crippen LogP contribution in [0.4, 0.5) is 17.5 Å². The molecule has 1 aromatic carbocycles. The molecule has 0 bridgehead atoms. The number of nitrogens with zero attached hydrogens (tertiary/aromatic N) is 3. The molecule has 0 spiro atoms. The lowest BCUT2D eigenvalue weighted by Gasteiger charge is -2.25. The summed E-state index contributed by atoms with van der Waals surface area (Å²) >= 11 is 0. The van der Waals surface area contributed by atoms with Crippen molar-refractivity contribution >= 4 is 23.4 Å². The van der Waals surface area contributed by atoms with E-state index < -0.39 is 5.41 Å². The highest BCUT2D eigenvalue weighted by Gasteiger charge is 2.46. The summed E-state index contributed by atoms with van der Waals surface area (Å²) in [7, 11) is 1.71. The number of fused-ring (bicyclic) bond motifs is 1. The van der Waals surface area contributed by atoms with Crippen molar-refractivity contribution in [2.24, 2.45) is 0 Å². The molecule has 162 valence electrons. The molecule has 2 N–H and O–H groups in total. The van der Waals surface area contributed by atoms with Gasteiger partial charge in [-0.2, -0.15) is 4.98 Å². The maximum atomic E-state index is 13.0. The first-order valence-corrected chi connectivity index (χ1v) is 10.6. The van der Waals surface area contributed by atoms with Gasteiger partial charge in [0.05, 0.1) is 12.0 Å². The SMILES string of the molecule is CC[C@H](C)N1C(=O)C(C)(C)c2cnc(Nc3ccc(CNC(C)COC)cc3)nc21. The Hall–Kier alpha value is -2.51. The van der Waals surface area contributed by atoms with Gasteiger partial charge in [0.1, 0.15) is 5.82 Å². The smallest absolute Gasteiger partial charge is 0.238 e. The first-order valence-electron chi connectivity index (χ1n) is 10.6. The van der Waals surface area contributed by atoms with Gasteiger partial charge in [-0.05, 0) is 51.8 Å². The zero-order chi connectivity index (χ0) is 21.9. The third-order valence-electron chi connectivity index (χ3n) is 5.74. The lowest BCUT2D eigenvalue weighted by Crippen LogP contribution is -2.41. The normalized spacial score (nSPS) is 17.0. The molecule has 2 atom stereocenters. The Balaban J connectivity index is 1.74. The van der Waals surface area contributed by atoms with E-state index in [4.69, 9.17) is 9.72 Å². The van der Waals surface area contributed by atoms with Crippen LogP contribution in [0, 0.1) is 0 Å². The fraction of sp³-hybridized carbons (Fsp3) is 0.522. The van der Waals surface area contributed by atoms with Crippen LogP contribution in [0.15, 0.2) is 30.5 Å². The Labute approximate surface area is 179 Å². The van der Waals surface area contributed by atoms with Gasteiger partial charge in [-0.15, -0.1) is 0 Å². The van der Waals surface area contributed by atoms with Crippen LogP contribution in [-0.4, -0.2) is 41.7 Å². The maximum Gasteiger partial charge on any atom is 0.238 e. The highest BCUT2D eigenvalue weighted by Crippen LogP contribution is 2.41. The number of anilines is 3. The molecule has 0 saturated carbocycles. The predicted molar refractivity (Wildman–Crippen MR) is 120 cm³/mol. The fourth-order valence-electron chi connectivity index (χ4n) is 3.60.